The maximum Gasteiger partial charge on any atom is 0.310 e. The largest absolute Gasteiger partial charge is 0.493 e. The number of hydrogen-bond acceptors (Lipinski definition) is 8. The third kappa shape index (κ3) is 5.96. The van der Waals surface area contributed by atoms with E-state index in [2.05, 4.69) is 5.32 Å². The minimum atomic E-state index is -0.938. The fraction of sp³-hybridized carbons (Fsp3) is 0.381. The molecular formula is C21H25NO7S. The van der Waals surface area contributed by atoms with Gasteiger partial charge in [0.2, 0.25) is 17.4 Å². The molecule has 0 spiro atoms. The first-order valence-corrected chi connectivity index (χ1v) is 9.96. The minimum Gasteiger partial charge on any atom is -0.493 e. The molecule has 1 aromatic heterocycles. The molecule has 9 heteroatoms. The normalized spacial score (nSPS) is 11.4. The number of Topliss-reactive ketones (excluding diaryl/α,β-unsaturated/α-hetero) is 1. The molecule has 8 nitrogen and oxygen atoms in total. The van der Waals surface area contributed by atoms with Crippen molar-refractivity contribution < 1.29 is 33.3 Å². The molecule has 0 fully saturated rings. The SMILES string of the molecule is COc1cc(CC(=O)OC(C)C(=O)c2ccc(CNC(C)=O)s2)cc(OC)c1OC. The van der Waals surface area contributed by atoms with Crippen LogP contribution in [0.2, 0.25) is 0 Å². The zero-order valence-corrected chi connectivity index (χ0v) is 18.4. The highest BCUT2D eigenvalue weighted by Crippen LogP contribution is 2.38. The molecule has 0 radical (unpaired) electrons. The summed E-state index contributed by atoms with van der Waals surface area (Å²) in [6, 6.07) is 6.73. The first kappa shape index (κ1) is 23.2. The minimum absolute atomic E-state index is 0.0629. The van der Waals surface area contributed by atoms with Crippen molar-refractivity contribution in [1.29, 1.82) is 0 Å². The summed E-state index contributed by atoms with van der Waals surface area (Å²) in [4.78, 5) is 37.2. The predicted molar refractivity (Wildman–Crippen MR) is 112 cm³/mol. The average molecular weight is 435 g/mol. The van der Waals surface area contributed by atoms with Crippen LogP contribution >= 0.6 is 11.3 Å². The summed E-state index contributed by atoms with van der Waals surface area (Å²) in [6.07, 6.45) is -1.00. The van der Waals surface area contributed by atoms with E-state index in [1.54, 1.807) is 24.3 Å². The highest BCUT2D eigenvalue weighted by Gasteiger charge is 2.22. The summed E-state index contributed by atoms with van der Waals surface area (Å²) < 4.78 is 21.1. The second-order valence-electron chi connectivity index (χ2n) is 6.38. The summed E-state index contributed by atoms with van der Waals surface area (Å²) in [7, 11) is 4.47. The van der Waals surface area contributed by atoms with E-state index in [1.807, 2.05) is 0 Å². The van der Waals surface area contributed by atoms with Gasteiger partial charge in [-0.15, -0.1) is 11.3 Å². The van der Waals surface area contributed by atoms with Gasteiger partial charge in [0.25, 0.3) is 0 Å². The lowest BCUT2D eigenvalue weighted by Gasteiger charge is -2.15. The summed E-state index contributed by atoms with van der Waals surface area (Å²) in [5.74, 6) is 0.273. The number of hydrogen-bond donors (Lipinski definition) is 1. The highest BCUT2D eigenvalue weighted by atomic mass is 32.1. The number of carbonyl (C=O) groups excluding carboxylic acids is 3. The zero-order valence-electron chi connectivity index (χ0n) is 17.6. The summed E-state index contributed by atoms with van der Waals surface area (Å²) in [6.45, 7) is 3.31. The number of carbonyl (C=O) groups is 3. The Balaban J connectivity index is 2.02. The highest BCUT2D eigenvalue weighted by molar-refractivity contribution is 7.14. The van der Waals surface area contributed by atoms with Gasteiger partial charge in [0.15, 0.2) is 17.6 Å². The molecule has 0 saturated heterocycles. The molecule has 2 aromatic rings. The van der Waals surface area contributed by atoms with Crippen molar-refractivity contribution in [3.05, 3.63) is 39.6 Å². The van der Waals surface area contributed by atoms with Crippen molar-refractivity contribution in [2.45, 2.75) is 32.9 Å². The molecule has 162 valence electrons. The van der Waals surface area contributed by atoms with E-state index >= 15 is 0 Å². The van der Waals surface area contributed by atoms with Crippen molar-refractivity contribution in [2.24, 2.45) is 0 Å². The van der Waals surface area contributed by atoms with Gasteiger partial charge in [0.05, 0.1) is 39.2 Å². The van der Waals surface area contributed by atoms with Gasteiger partial charge in [-0.25, -0.2) is 0 Å². The molecule has 0 aliphatic rings. The van der Waals surface area contributed by atoms with E-state index in [-0.39, 0.29) is 18.1 Å². The molecule has 1 N–H and O–H groups in total. The Labute approximate surface area is 179 Å². The van der Waals surface area contributed by atoms with Gasteiger partial charge < -0.3 is 24.3 Å². The maximum atomic E-state index is 12.6. The Bertz CT molecular complexity index is 897. The molecule has 1 aromatic carbocycles. The molecule has 0 aliphatic carbocycles. The van der Waals surface area contributed by atoms with Gasteiger partial charge in [0, 0.05) is 11.8 Å². The van der Waals surface area contributed by atoms with Crippen molar-refractivity contribution in [2.75, 3.05) is 21.3 Å². The van der Waals surface area contributed by atoms with Crippen LogP contribution in [0.4, 0.5) is 0 Å². The van der Waals surface area contributed by atoms with E-state index in [9.17, 15) is 14.4 Å². The second-order valence-corrected chi connectivity index (χ2v) is 7.55. The van der Waals surface area contributed by atoms with Crippen LogP contribution in [-0.2, 0) is 27.3 Å². The van der Waals surface area contributed by atoms with Crippen LogP contribution in [0.5, 0.6) is 17.2 Å². The molecule has 1 atom stereocenters. The van der Waals surface area contributed by atoms with Crippen LogP contribution < -0.4 is 19.5 Å². The number of thiophene rings is 1. The average Bonchev–Trinajstić information content (AvgIpc) is 3.19. The number of rotatable bonds is 10. The zero-order chi connectivity index (χ0) is 22.3. The lowest BCUT2D eigenvalue weighted by atomic mass is 10.1. The van der Waals surface area contributed by atoms with Gasteiger partial charge >= 0.3 is 5.97 Å². The fourth-order valence-corrected chi connectivity index (χ4v) is 3.68. The lowest BCUT2D eigenvalue weighted by Crippen LogP contribution is -2.24. The Morgan fingerprint density at radius 1 is 1.03 bits per heavy atom. The molecule has 1 amide bonds. The van der Waals surface area contributed by atoms with E-state index in [1.165, 1.54) is 46.5 Å². The lowest BCUT2D eigenvalue weighted by molar-refractivity contribution is -0.145. The number of ketones is 1. The van der Waals surface area contributed by atoms with Gasteiger partial charge in [-0.3, -0.25) is 14.4 Å². The molecule has 30 heavy (non-hydrogen) atoms. The van der Waals surface area contributed by atoms with Crippen LogP contribution in [0.25, 0.3) is 0 Å². The third-order valence-corrected chi connectivity index (χ3v) is 5.27. The van der Waals surface area contributed by atoms with Crippen LogP contribution in [0.1, 0.15) is 34.0 Å². The number of amides is 1. The first-order valence-electron chi connectivity index (χ1n) is 9.14. The maximum absolute atomic E-state index is 12.6. The van der Waals surface area contributed by atoms with Crippen molar-refractivity contribution in [3.63, 3.8) is 0 Å². The fourth-order valence-electron chi connectivity index (χ4n) is 2.71. The van der Waals surface area contributed by atoms with E-state index in [0.29, 0.717) is 34.2 Å². The third-order valence-electron chi connectivity index (χ3n) is 4.17. The van der Waals surface area contributed by atoms with Gasteiger partial charge in [-0.1, -0.05) is 0 Å². The van der Waals surface area contributed by atoms with Gasteiger partial charge in [0.1, 0.15) is 0 Å². The van der Waals surface area contributed by atoms with Crippen molar-refractivity contribution >= 4 is 29.0 Å². The molecular weight excluding hydrogens is 410 g/mol. The smallest absolute Gasteiger partial charge is 0.310 e. The predicted octanol–water partition coefficient (Wildman–Crippen LogP) is 2.77. The second kappa shape index (κ2) is 10.6. The van der Waals surface area contributed by atoms with Crippen molar-refractivity contribution in [1.82, 2.24) is 5.32 Å². The molecule has 1 heterocycles. The molecule has 0 bridgehead atoms. The monoisotopic (exact) mass is 435 g/mol. The van der Waals surface area contributed by atoms with Crippen LogP contribution in [0.3, 0.4) is 0 Å². The number of benzene rings is 1. The number of esters is 1. The Kier molecular flexibility index (Phi) is 8.23. The molecule has 0 saturated carbocycles. The van der Waals surface area contributed by atoms with Crippen LogP contribution in [0.15, 0.2) is 24.3 Å². The van der Waals surface area contributed by atoms with Gasteiger partial charge in [-0.05, 0) is 36.8 Å². The number of ether oxygens (including phenoxy) is 4. The van der Waals surface area contributed by atoms with Crippen LogP contribution in [-0.4, -0.2) is 45.1 Å². The van der Waals surface area contributed by atoms with Crippen LogP contribution in [0, 0.1) is 0 Å². The molecule has 2 rings (SSSR count). The van der Waals surface area contributed by atoms with Crippen molar-refractivity contribution in [3.8, 4) is 17.2 Å². The molecule has 0 aliphatic heterocycles. The Morgan fingerprint density at radius 2 is 1.67 bits per heavy atom. The quantitative estimate of drug-likeness (QED) is 0.452. The van der Waals surface area contributed by atoms with E-state index < -0.39 is 12.1 Å². The van der Waals surface area contributed by atoms with E-state index in [4.69, 9.17) is 18.9 Å². The summed E-state index contributed by atoms with van der Waals surface area (Å²) >= 11 is 1.25. The van der Waals surface area contributed by atoms with Gasteiger partial charge in [-0.2, -0.15) is 0 Å². The Morgan fingerprint density at radius 3 is 2.20 bits per heavy atom. The standard InChI is InChI=1S/C21H25NO7S/c1-12(20(25)18-7-6-15(30-18)11-22-13(2)23)29-19(24)10-14-8-16(26-3)21(28-5)17(9-14)27-4/h6-9,12H,10-11H2,1-5H3,(H,22,23). The first-order chi connectivity index (χ1) is 14.3. The van der Waals surface area contributed by atoms with E-state index in [0.717, 1.165) is 4.88 Å². The summed E-state index contributed by atoms with van der Waals surface area (Å²) in [5, 5.41) is 2.68. The Hall–Kier alpha value is -3.07. The topological polar surface area (TPSA) is 100 Å². The number of methoxy groups -OCH3 is 3. The molecule has 1 unspecified atom stereocenters. The number of nitrogens with one attached hydrogen (secondary N) is 1. The summed E-state index contributed by atoms with van der Waals surface area (Å²) in [5.41, 5.74) is 0.600.